The Morgan fingerprint density at radius 3 is 2.97 bits per heavy atom. The fourth-order valence-corrected chi connectivity index (χ4v) is 3.94. The Kier molecular flexibility index (Phi) is 4.84. The van der Waals surface area contributed by atoms with Crippen LogP contribution in [0.25, 0.3) is 22.1 Å². The number of carbonyl (C=O) groups is 1. The zero-order valence-electron chi connectivity index (χ0n) is 16.7. The highest BCUT2D eigenvalue weighted by molar-refractivity contribution is 6.05. The minimum absolute atomic E-state index is 0.0716. The van der Waals surface area contributed by atoms with Crippen molar-refractivity contribution in [3.63, 3.8) is 0 Å². The van der Waals surface area contributed by atoms with Crippen molar-refractivity contribution in [1.29, 1.82) is 0 Å². The molecule has 1 atom stereocenters. The first kappa shape index (κ1) is 18.6. The molecule has 0 spiro atoms. The molecule has 0 unspecified atom stereocenters. The van der Waals surface area contributed by atoms with Crippen molar-refractivity contribution in [2.45, 2.75) is 32.0 Å². The summed E-state index contributed by atoms with van der Waals surface area (Å²) in [5.41, 5.74) is 3.64. The Labute approximate surface area is 173 Å². The average Bonchev–Trinajstić information content (AvgIpc) is 3.44. The van der Waals surface area contributed by atoms with E-state index < -0.39 is 0 Å². The van der Waals surface area contributed by atoms with Crippen LogP contribution in [-0.4, -0.2) is 55.3 Å². The third-order valence-corrected chi connectivity index (χ3v) is 5.47. The highest BCUT2D eigenvalue weighted by atomic mass is 16.5. The van der Waals surface area contributed by atoms with E-state index in [2.05, 4.69) is 24.7 Å². The van der Waals surface area contributed by atoms with Gasteiger partial charge in [0.15, 0.2) is 0 Å². The van der Waals surface area contributed by atoms with E-state index in [0.717, 1.165) is 48.1 Å². The number of nitrogens with zero attached hydrogens (tertiary/aromatic N) is 6. The van der Waals surface area contributed by atoms with Crippen LogP contribution in [0.15, 0.2) is 48.9 Å². The number of ether oxygens (including phenoxy) is 1. The quantitative estimate of drug-likeness (QED) is 0.510. The van der Waals surface area contributed by atoms with E-state index in [1.165, 1.54) is 0 Å². The lowest BCUT2D eigenvalue weighted by atomic mass is 10.1. The molecule has 1 aliphatic rings. The highest BCUT2D eigenvalue weighted by Crippen LogP contribution is 2.25. The zero-order chi connectivity index (χ0) is 20.5. The van der Waals surface area contributed by atoms with Gasteiger partial charge in [0.1, 0.15) is 0 Å². The molecule has 1 saturated heterocycles. The van der Waals surface area contributed by atoms with E-state index in [0.29, 0.717) is 17.8 Å². The number of aromatic nitrogens is 5. The molecule has 0 bridgehead atoms. The molecule has 1 fully saturated rings. The van der Waals surface area contributed by atoms with Gasteiger partial charge in [-0.3, -0.25) is 9.78 Å². The van der Waals surface area contributed by atoms with Gasteiger partial charge in [-0.25, -0.2) is 4.98 Å². The monoisotopic (exact) mass is 402 g/mol. The Hall–Kier alpha value is -3.39. The second-order valence-electron chi connectivity index (χ2n) is 7.62. The third-order valence-electron chi connectivity index (χ3n) is 5.47. The van der Waals surface area contributed by atoms with E-state index in [1.807, 2.05) is 30.3 Å². The van der Waals surface area contributed by atoms with Crippen molar-refractivity contribution >= 4 is 28.0 Å². The lowest BCUT2D eigenvalue weighted by Gasteiger charge is -2.17. The number of carbonyl (C=O) groups excluding carboxylic acids is 1. The maximum atomic E-state index is 13.1. The van der Waals surface area contributed by atoms with Gasteiger partial charge in [0.2, 0.25) is 5.65 Å². The molecule has 1 amide bonds. The first-order chi connectivity index (χ1) is 14.7. The largest absolute Gasteiger partial charge is 0.376 e. The lowest BCUT2D eigenvalue weighted by molar-refractivity contribution is 0.0783. The van der Waals surface area contributed by atoms with Crippen LogP contribution >= 0.6 is 0 Å². The third kappa shape index (κ3) is 3.50. The van der Waals surface area contributed by atoms with Gasteiger partial charge in [-0.1, -0.05) is 6.07 Å². The van der Waals surface area contributed by atoms with Crippen LogP contribution in [0, 0.1) is 0 Å². The molecule has 3 aromatic heterocycles. The number of rotatable bonds is 5. The molecule has 4 aromatic rings. The van der Waals surface area contributed by atoms with E-state index in [4.69, 9.17) is 4.74 Å². The number of hydrogen-bond acceptors (Lipinski definition) is 6. The number of benzene rings is 1. The summed E-state index contributed by atoms with van der Waals surface area (Å²) in [7, 11) is 1.78. The van der Waals surface area contributed by atoms with Crippen LogP contribution in [0.2, 0.25) is 0 Å². The molecule has 8 heteroatoms. The molecule has 5 rings (SSSR count). The molecule has 0 N–H and O–H groups in total. The molecular weight excluding hydrogens is 380 g/mol. The summed E-state index contributed by atoms with van der Waals surface area (Å²) in [5, 5.41) is 9.39. The summed E-state index contributed by atoms with van der Waals surface area (Å²) in [5.74, 6) is -0.0716. The van der Waals surface area contributed by atoms with Gasteiger partial charge < -0.3 is 14.2 Å². The number of imidazole rings is 1. The maximum absolute atomic E-state index is 13.1. The van der Waals surface area contributed by atoms with E-state index in [1.54, 1.807) is 30.5 Å². The van der Waals surface area contributed by atoms with Gasteiger partial charge in [0, 0.05) is 30.8 Å². The van der Waals surface area contributed by atoms with Crippen LogP contribution in [0.5, 0.6) is 0 Å². The molecule has 8 nitrogen and oxygen atoms in total. The fourth-order valence-electron chi connectivity index (χ4n) is 3.94. The molecule has 0 radical (unpaired) electrons. The van der Waals surface area contributed by atoms with Gasteiger partial charge in [0.05, 0.1) is 42.2 Å². The normalized spacial score (nSPS) is 16.4. The Morgan fingerprint density at radius 2 is 2.17 bits per heavy atom. The molecule has 30 heavy (non-hydrogen) atoms. The van der Waals surface area contributed by atoms with Gasteiger partial charge in [0.25, 0.3) is 5.91 Å². The molecular formula is C22H22N6O2. The van der Waals surface area contributed by atoms with Gasteiger partial charge in [-0.05, 0) is 43.2 Å². The topological polar surface area (TPSA) is 86.0 Å². The predicted octanol–water partition coefficient (Wildman–Crippen LogP) is 2.83. The number of amides is 1. The summed E-state index contributed by atoms with van der Waals surface area (Å²) in [6.45, 7) is 1.97. The Bertz CT molecular complexity index is 1200. The Morgan fingerprint density at radius 1 is 1.23 bits per heavy atom. The Balaban J connectivity index is 1.49. The van der Waals surface area contributed by atoms with Crippen LogP contribution < -0.4 is 0 Å². The van der Waals surface area contributed by atoms with E-state index in [9.17, 15) is 4.79 Å². The van der Waals surface area contributed by atoms with E-state index >= 15 is 0 Å². The fraction of sp³-hybridized carbons (Fsp3) is 0.318. The standard InChI is InChI=1S/C22H22N6O2/c1-27(12-16-5-2-3-9-23-16)22(29)15-7-8-19-18(11-15)20-21(26-25-19)24-14-28(20)13-17-6-4-10-30-17/h2-3,5,7-9,11,14,17H,4,6,10,12-13H2,1H3/t17-/m1/s1. The summed E-state index contributed by atoms with van der Waals surface area (Å²) in [6, 6.07) is 11.2. The lowest BCUT2D eigenvalue weighted by Crippen LogP contribution is -2.26. The van der Waals surface area contributed by atoms with Crippen molar-refractivity contribution in [2.75, 3.05) is 13.7 Å². The average molecular weight is 402 g/mol. The van der Waals surface area contributed by atoms with Gasteiger partial charge >= 0.3 is 0 Å². The molecule has 1 aliphatic heterocycles. The molecule has 1 aromatic carbocycles. The van der Waals surface area contributed by atoms with Crippen molar-refractivity contribution in [1.82, 2.24) is 29.6 Å². The summed E-state index contributed by atoms with van der Waals surface area (Å²) >= 11 is 0. The first-order valence-corrected chi connectivity index (χ1v) is 10.1. The van der Waals surface area contributed by atoms with Crippen molar-refractivity contribution in [3.8, 4) is 0 Å². The number of hydrogen-bond donors (Lipinski definition) is 0. The number of pyridine rings is 1. The highest BCUT2D eigenvalue weighted by Gasteiger charge is 2.20. The summed E-state index contributed by atoms with van der Waals surface area (Å²) < 4.78 is 7.85. The SMILES string of the molecule is CN(Cc1ccccn1)C(=O)c1ccc2nnc3ncn(C[C@H]4CCCO4)c3c2c1. The molecule has 4 heterocycles. The van der Waals surface area contributed by atoms with Crippen LogP contribution in [0.1, 0.15) is 28.9 Å². The summed E-state index contributed by atoms with van der Waals surface area (Å²) in [4.78, 5) is 23.4. The second kappa shape index (κ2) is 7.79. The number of fused-ring (bicyclic) bond motifs is 3. The molecule has 0 aliphatic carbocycles. The zero-order valence-corrected chi connectivity index (χ0v) is 16.7. The molecule has 0 saturated carbocycles. The first-order valence-electron chi connectivity index (χ1n) is 10.1. The minimum atomic E-state index is -0.0716. The van der Waals surface area contributed by atoms with E-state index in [-0.39, 0.29) is 12.0 Å². The van der Waals surface area contributed by atoms with Crippen molar-refractivity contribution in [3.05, 3.63) is 60.2 Å². The van der Waals surface area contributed by atoms with Crippen molar-refractivity contribution in [2.24, 2.45) is 0 Å². The smallest absolute Gasteiger partial charge is 0.253 e. The van der Waals surface area contributed by atoms with Gasteiger partial charge in [-0.2, -0.15) is 0 Å². The minimum Gasteiger partial charge on any atom is -0.376 e. The van der Waals surface area contributed by atoms with Gasteiger partial charge in [-0.15, -0.1) is 10.2 Å². The summed E-state index contributed by atoms with van der Waals surface area (Å²) in [6.07, 6.45) is 5.81. The molecule has 152 valence electrons. The predicted molar refractivity (Wildman–Crippen MR) is 112 cm³/mol. The van der Waals surface area contributed by atoms with Crippen LogP contribution in [0.4, 0.5) is 0 Å². The maximum Gasteiger partial charge on any atom is 0.253 e. The van der Waals surface area contributed by atoms with Crippen LogP contribution in [-0.2, 0) is 17.8 Å². The second-order valence-corrected chi connectivity index (χ2v) is 7.62. The van der Waals surface area contributed by atoms with Crippen molar-refractivity contribution < 1.29 is 9.53 Å². The van der Waals surface area contributed by atoms with Crippen LogP contribution in [0.3, 0.4) is 0 Å².